The summed E-state index contributed by atoms with van der Waals surface area (Å²) in [5.74, 6) is 0.521. The number of methoxy groups -OCH3 is 1. The number of carbonyl (C=O) groups excluding carboxylic acids is 1. The summed E-state index contributed by atoms with van der Waals surface area (Å²) in [6, 6.07) is 7.51. The second-order valence-corrected chi connectivity index (χ2v) is 9.52. The number of piperidine rings is 1. The third-order valence-corrected chi connectivity index (χ3v) is 7.72. The Kier molecular flexibility index (Phi) is 6.87. The Balaban J connectivity index is 1.53. The maximum absolute atomic E-state index is 12.8. The number of amides is 2. The normalized spacial score (nSPS) is 17.7. The minimum Gasteiger partial charge on any atom is -0.481 e. The van der Waals surface area contributed by atoms with Crippen LogP contribution in [0.4, 0.5) is 10.5 Å². The maximum atomic E-state index is 12.8. The van der Waals surface area contributed by atoms with Crippen molar-refractivity contribution >= 4 is 22.7 Å². The first-order valence-electron chi connectivity index (χ1n) is 10.9. The molecule has 1 aromatic carbocycles. The molecule has 31 heavy (non-hydrogen) atoms. The molecule has 0 bridgehead atoms. The Labute approximate surface area is 186 Å². The van der Waals surface area contributed by atoms with Gasteiger partial charge < -0.3 is 15.0 Å². The molecule has 166 valence electrons. The smallest absolute Gasteiger partial charge is 0.331 e. The minimum absolute atomic E-state index is 0.000956. The standard InChI is InChI=1S/C23H30N4O3S/c1-3-27-13-10-18(11-14-27)31(29)26-23(28)25-22-19-6-4-5-16(19)7-8-20(22)17-9-12-24-21(15-17)30-2/h7-9,12,15,18H,3-6,10-11,13-14H2,1-2H3,(H2,25,26,28). The van der Waals surface area contributed by atoms with Crippen molar-refractivity contribution in [1.82, 2.24) is 14.6 Å². The molecule has 1 fully saturated rings. The fourth-order valence-electron chi connectivity index (χ4n) is 4.49. The van der Waals surface area contributed by atoms with Crippen molar-refractivity contribution in [2.75, 3.05) is 32.1 Å². The lowest BCUT2D eigenvalue weighted by Crippen LogP contribution is -2.42. The summed E-state index contributed by atoms with van der Waals surface area (Å²) in [5, 5.41) is 3.02. The molecule has 2 aromatic rings. The zero-order valence-electron chi connectivity index (χ0n) is 18.1. The number of nitrogens with zero attached hydrogens (tertiary/aromatic N) is 2. The van der Waals surface area contributed by atoms with Crippen LogP contribution in [0.1, 0.15) is 37.3 Å². The lowest BCUT2D eigenvalue weighted by Gasteiger charge is -2.30. The van der Waals surface area contributed by atoms with E-state index in [4.69, 9.17) is 4.74 Å². The first-order valence-corrected chi connectivity index (χ1v) is 12.2. The predicted octanol–water partition coefficient (Wildman–Crippen LogP) is 3.52. The van der Waals surface area contributed by atoms with E-state index in [0.29, 0.717) is 5.88 Å². The van der Waals surface area contributed by atoms with Gasteiger partial charge in [-0.3, -0.25) is 4.72 Å². The quantitative estimate of drug-likeness (QED) is 0.715. The third-order valence-electron chi connectivity index (χ3n) is 6.25. The molecule has 1 atom stereocenters. The molecular formula is C23H30N4O3S. The van der Waals surface area contributed by atoms with E-state index in [-0.39, 0.29) is 5.25 Å². The highest BCUT2D eigenvalue weighted by atomic mass is 32.2. The lowest BCUT2D eigenvalue weighted by atomic mass is 9.98. The number of carbonyl (C=O) groups is 1. The summed E-state index contributed by atoms with van der Waals surface area (Å²) in [5.41, 5.74) is 5.04. The molecule has 2 N–H and O–H groups in total. The van der Waals surface area contributed by atoms with E-state index >= 15 is 0 Å². The molecule has 0 saturated carbocycles. The molecule has 1 saturated heterocycles. The topological polar surface area (TPSA) is 83.6 Å². The van der Waals surface area contributed by atoms with Crippen LogP contribution < -0.4 is 14.8 Å². The Bertz CT molecular complexity index is 973. The first kappa shape index (κ1) is 21.8. The van der Waals surface area contributed by atoms with Crippen LogP contribution >= 0.6 is 0 Å². The number of urea groups is 1. The van der Waals surface area contributed by atoms with E-state index in [1.165, 1.54) is 5.56 Å². The molecular weight excluding hydrogens is 412 g/mol. The van der Waals surface area contributed by atoms with Gasteiger partial charge in [0.15, 0.2) is 0 Å². The molecule has 8 heteroatoms. The van der Waals surface area contributed by atoms with Crippen molar-refractivity contribution in [2.45, 2.75) is 44.3 Å². The second kappa shape index (κ2) is 9.78. The highest BCUT2D eigenvalue weighted by molar-refractivity contribution is 7.84. The molecule has 2 heterocycles. The Morgan fingerprint density at radius 3 is 2.81 bits per heavy atom. The summed E-state index contributed by atoms with van der Waals surface area (Å²) in [7, 11) is 0.185. The van der Waals surface area contributed by atoms with Crippen molar-refractivity contribution in [3.8, 4) is 17.0 Å². The molecule has 0 radical (unpaired) electrons. The molecule has 1 aliphatic carbocycles. The van der Waals surface area contributed by atoms with Gasteiger partial charge in [-0.1, -0.05) is 19.1 Å². The average molecular weight is 443 g/mol. The van der Waals surface area contributed by atoms with Gasteiger partial charge in [0, 0.05) is 17.8 Å². The van der Waals surface area contributed by atoms with Crippen LogP contribution in [0.5, 0.6) is 5.88 Å². The van der Waals surface area contributed by atoms with E-state index in [2.05, 4.69) is 32.9 Å². The maximum Gasteiger partial charge on any atom is 0.331 e. The summed E-state index contributed by atoms with van der Waals surface area (Å²) in [6.45, 7) is 5.00. The van der Waals surface area contributed by atoms with E-state index in [9.17, 15) is 9.00 Å². The molecule has 1 unspecified atom stereocenters. The number of pyridine rings is 1. The molecule has 2 amide bonds. The molecule has 1 aromatic heterocycles. The van der Waals surface area contributed by atoms with Crippen LogP contribution in [0.15, 0.2) is 30.5 Å². The van der Waals surface area contributed by atoms with Gasteiger partial charge in [-0.05, 0) is 74.5 Å². The molecule has 4 rings (SSSR count). The molecule has 0 spiro atoms. The lowest BCUT2D eigenvalue weighted by molar-refractivity contribution is 0.242. The van der Waals surface area contributed by atoms with Crippen LogP contribution in [0, 0.1) is 0 Å². The monoisotopic (exact) mass is 442 g/mol. The number of aryl methyl sites for hydroxylation is 1. The van der Waals surface area contributed by atoms with Gasteiger partial charge in [0.25, 0.3) is 0 Å². The van der Waals surface area contributed by atoms with Crippen molar-refractivity contribution in [3.63, 3.8) is 0 Å². The molecule has 7 nitrogen and oxygen atoms in total. The number of benzene rings is 1. The Morgan fingerprint density at radius 2 is 2.06 bits per heavy atom. The van der Waals surface area contributed by atoms with E-state index in [1.54, 1.807) is 13.3 Å². The van der Waals surface area contributed by atoms with Crippen LogP contribution in [0.3, 0.4) is 0 Å². The van der Waals surface area contributed by atoms with Gasteiger partial charge in [0.2, 0.25) is 5.88 Å². The summed E-state index contributed by atoms with van der Waals surface area (Å²) in [6.07, 6.45) is 6.36. The molecule has 2 aliphatic rings. The van der Waals surface area contributed by atoms with E-state index in [1.807, 2.05) is 18.2 Å². The second-order valence-electron chi connectivity index (χ2n) is 8.05. The Morgan fingerprint density at radius 1 is 1.26 bits per heavy atom. The number of aromatic nitrogens is 1. The van der Waals surface area contributed by atoms with E-state index < -0.39 is 17.0 Å². The number of rotatable bonds is 6. The Hall–Kier alpha value is -2.45. The number of nitrogens with one attached hydrogen (secondary N) is 2. The fraction of sp³-hybridized carbons (Fsp3) is 0.478. The number of fused-ring (bicyclic) bond motifs is 1. The van der Waals surface area contributed by atoms with Crippen LogP contribution in [-0.4, -0.2) is 52.1 Å². The van der Waals surface area contributed by atoms with Crippen molar-refractivity contribution < 1.29 is 13.7 Å². The fourth-order valence-corrected chi connectivity index (χ4v) is 5.53. The number of ether oxygens (including phenoxy) is 1. The van der Waals surface area contributed by atoms with Crippen LogP contribution in [0.2, 0.25) is 0 Å². The highest BCUT2D eigenvalue weighted by Gasteiger charge is 2.26. The van der Waals surface area contributed by atoms with Crippen molar-refractivity contribution in [2.24, 2.45) is 0 Å². The van der Waals surface area contributed by atoms with Gasteiger partial charge in [-0.15, -0.1) is 0 Å². The van der Waals surface area contributed by atoms with Crippen molar-refractivity contribution in [3.05, 3.63) is 41.6 Å². The third kappa shape index (κ3) is 4.91. The van der Waals surface area contributed by atoms with E-state index in [0.717, 1.165) is 74.1 Å². The minimum atomic E-state index is -1.40. The zero-order valence-corrected chi connectivity index (χ0v) is 19.0. The van der Waals surface area contributed by atoms with Gasteiger partial charge in [0.1, 0.15) is 11.0 Å². The highest BCUT2D eigenvalue weighted by Crippen LogP contribution is 2.38. The van der Waals surface area contributed by atoms with Crippen LogP contribution in [0.25, 0.3) is 11.1 Å². The molecule has 1 aliphatic heterocycles. The largest absolute Gasteiger partial charge is 0.481 e. The van der Waals surface area contributed by atoms with Gasteiger partial charge >= 0.3 is 6.03 Å². The number of likely N-dealkylation sites (tertiary alicyclic amines) is 1. The van der Waals surface area contributed by atoms with Crippen LogP contribution in [-0.2, 0) is 23.8 Å². The van der Waals surface area contributed by atoms with Crippen molar-refractivity contribution in [1.29, 1.82) is 0 Å². The summed E-state index contributed by atoms with van der Waals surface area (Å²) in [4.78, 5) is 19.4. The number of hydrogen-bond acceptors (Lipinski definition) is 5. The average Bonchev–Trinajstić information content (AvgIpc) is 3.28. The van der Waals surface area contributed by atoms with Gasteiger partial charge in [-0.2, -0.15) is 0 Å². The first-order chi connectivity index (χ1) is 15.1. The number of anilines is 1. The van der Waals surface area contributed by atoms with Gasteiger partial charge in [0.05, 0.1) is 18.0 Å². The summed E-state index contributed by atoms with van der Waals surface area (Å²) >= 11 is 0. The number of hydrogen-bond donors (Lipinski definition) is 2. The van der Waals surface area contributed by atoms with Gasteiger partial charge in [-0.25, -0.2) is 14.0 Å². The summed E-state index contributed by atoms with van der Waals surface area (Å²) < 4.78 is 20.7. The zero-order chi connectivity index (χ0) is 21.8. The SMILES string of the molecule is CCN1CCC(S(=O)NC(=O)Nc2c(-c3ccnc(OC)c3)ccc3c2CCC3)CC1. The predicted molar refractivity (Wildman–Crippen MR) is 124 cm³/mol.